The molecule has 0 aliphatic rings. The fourth-order valence-electron chi connectivity index (χ4n) is 2.38. The molecule has 0 heterocycles. The van der Waals surface area contributed by atoms with E-state index in [0.29, 0.717) is 6.54 Å². The molecule has 0 spiro atoms. The Balaban J connectivity index is 2.47. The van der Waals surface area contributed by atoms with Gasteiger partial charge >= 0.3 is 0 Å². The smallest absolute Gasteiger partial charge is 0.288 e. The van der Waals surface area contributed by atoms with Crippen LogP contribution in [0.15, 0.2) is 36.4 Å². The maximum Gasteiger partial charge on any atom is 0.288 e. The third-order valence-electron chi connectivity index (χ3n) is 3.61. The molecule has 1 amide bonds. The number of aryl methyl sites for hydroxylation is 2. The summed E-state index contributed by atoms with van der Waals surface area (Å²) in [6.07, 6.45) is 0. The molecule has 0 radical (unpaired) electrons. The number of anilines is 1. The summed E-state index contributed by atoms with van der Waals surface area (Å²) in [5.74, 6) is -0.291. The molecule has 0 N–H and O–H groups in total. The highest BCUT2D eigenvalue weighted by Crippen LogP contribution is 2.28. The van der Waals surface area contributed by atoms with Crippen LogP contribution < -0.4 is 4.90 Å². The van der Waals surface area contributed by atoms with Gasteiger partial charge in [0.15, 0.2) is 0 Å². The molecule has 6 heteroatoms. The van der Waals surface area contributed by atoms with E-state index >= 15 is 0 Å². The third kappa shape index (κ3) is 3.51. The third-order valence-corrected chi connectivity index (χ3v) is 3.93. The molecule has 0 saturated heterocycles. The molecule has 0 unspecified atom stereocenters. The molecule has 2 rings (SSSR count). The Morgan fingerprint density at radius 3 is 2.52 bits per heavy atom. The molecule has 0 atom stereocenters. The number of nitrogens with zero attached hydrogens (tertiary/aromatic N) is 2. The molecule has 120 valence electrons. The highest BCUT2D eigenvalue weighted by atomic mass is 35.5. The number of hydrogen-bond acceptors (Lipinski definition) is 3. The fraction of sp³-hybridized carbons (Fsp3) is 0.235. The van der Waals surface area contributed by atoms with Crippen molar-refractivity contribution in [3.63, 3.8) is 0 Å². The van der Waals surface area contributed by atoms with Crippen molar-refractivity contribution in [1.82, 2.24) is 0 Å². The molecule has 5 nitrogen and oxygen atoms in total. The average Bonchev–Trinajstić information content (AvgIpc) is 2.51. The van der Waals surface area contributed by atoms with E-state index in [1.807, 2.05) is 39.0 Å². The van der Waals surface area contributed by atoms with Crippen molar-refractivity contribution in [1.29, 1.82) is 0 Å². The normalized spacial score (nSPS) is 10.4. The van der Waals surface area contributed by atoms with Crippen LogP contribution in [0.4, 0.5) is 11.4 Å². The molecule has 0 saturated carbocycles. The minimum Gasteiger partial charge on any atom is -0.308 e. The van der Waals surface area contributed by atoms with Gasteiger partial charge in [0.2, 0.25) is 0 Å². The van der Waals surface area contributed by atoms with Crippen molar-refractivity contribution < 1.29 is 9.72 Å². The molecule has 2 aromatic carbocycles. The molecule has 2 aromatic rings. The van der Waals surface area contributed by atoms with E-state index in [1.165, 1.54) is 18.2 Å². The highest BCUT2D eigenvalue weighted by molar-refractivity contribution is 6.32. The Kier molecular flexibility index (Phi) is 5.01. The number of hydrogen-bond donors (Lipinski definition) is 0. The van der Waals surface area contributed by atoms with E-state index in [2.05, 4.69) is 0 Å². The predicted molar refractivity (Wildman–Crippen MR) is 91.4 cm³/mol. The predicted octanol–water partition coefficient (Wildman–Crippen LogP) is 4.53. The average molecular weight is 333 g/mol. The molecule has 23 heavy (non-hydrogen) atoms. The van der Waals surface area contributed by atoms with Crippen LogP contribution in [-0.2, 0) is 0 Å². The molecule has 0 fully saturated rings. The van der Waals surface area contributed by atoms with Crippen molar-refractivity contribution in [2.45, 2.75) is 20.8 Å². The Morgan fingerprint density at radius 1 is 1.22 bits per heavy atom. The van der Waals surface area contributed by atoms with Gasteiger partial charge in [0, 0.05) is 23.9 Å². The van der Waals surface area contributed by atoms with E-state index in [0.717, 1.165) is 16.8 Å². The lowest BCUT2D eigenvalue weighted by atomic mass is 10.1. The number of rotatable bonds is 4. The number of halogens is 1. The zero-order valence-corrected chi connectivity index (χ0v) is 13.9. The first-order valence-corrected chi connectivity index (χ1v) is 7.56. The van der Waals surface area contributed by atoms with Gasteiger partial charge in [-0.05, 0) is 50.1 Å². The van der Waals surface area contributed by atoms with Gasteiger partial charge in [0.1, 0.15) is 5.02 Å². The van der Waals surface area contributed by atoms with Gasteiger partial charge in [-0.3, -0.25) is 14.9 Å². The summed E-state index contributed by atoms with van der Waals surface area (Å²) in [5, 5.41) is 11.0. The van der Waals surface area contributed by atoms with Crippen LogP contribution in [0.2, 0.25) is 5.02 Å². The summed E-state index contributed by atoms with van der Waals surface area (Å²) in [5.41, 5.74) is 2.78. The molecule has 0 aliphatic heterocycles. The number of nitro benzene ring substituents is 1. The Labute approximate surface area is 139 Å². The summed E-state index contributed by atoms with van der Waals surface area (Å²) in [6, 6.07) is 9.96. The first kappa shape index (κ1) is 17.0. The minimum atomic E-state index is -0.590. The fourth-order valence-corrected chi connectivity index (χ4v) is 2.56. The first-order valence-electron chi connectivity index (χ1n) is 7.18. The van der Waals surface area contributed by atoms with Crippen molar-refractivity contribution in [2.75, 3.05) is 11.4 Å². The zero-order valence-electron chi connectivity index (χ0n) is 13.2. The van der Waals surface area contributed by atoms with Crippen molar-refractivity contribution in [3.05, 3.63) is 68.2 Å². The largest absolute Gasteiger partial charge is 0.308 e. The molecule has 0 aromatic heterocycles. The topological polar surface area (TPSA) is 63.5 Å². The number of carbonyl (C=O) groups excluding carboxylic acids is 1. The lowest BCUT2D eigenvalue weighted by Gasteiger charge is -2.23. The maximum absolute atomic E-state index is 12.8. The Morgan fingerprint density at radius 2 is 1.91 bits per heavy atom. The standard InChI is InChI=1S/C17H17ClN2O3/c1-4-19(15-9-11(2)5-6-12(15)3)17(21)13-7-8-14(18)16(10-13)20(22)23/h5-10H,4H2,1-3H3. The van der Waals surface area contributed by atoms with Gasteiger partial charge in [-0.25, -0.2) is 0 Å². The Bertz CT molecular complexity index is 774. The van der Waals surface area contributed by atoms with Crippen LogP contribution in [0.25, 0.3) is 0 Å². The summed E-state index contributed by atoms with van der Waals surface area (Å²) >= 11 is 5.81. The second kappa shape index (κ2) is 6.79. The molecule has 0 bridgehead atoms. The highest BCUT2D eigenvalue weighted by Gasteiger charge is 2.21. The Hall–Kier alpha value is -2.40. The van der Waals surface area contributed by atoms with Crippen LogP contribution >= 0.6 is 11.6 Å². The number of carbonyl (C=O) groups is 1. The van der Waals surface area contributed by atoms with Crippen LogP contribution in [0, 0.1) is 24.0 Å². The zero-order chi connectivity index (χ0) is 17.1. The summed E-state index contributed by atoms with van der Waals surface area (Å²) in [4.78, 5) is 24.8. The summed E-state index contributed by atoms with van der Waals surface area (Å²) < 4.78 is 0. The SMILES string of the molecule is CCN(C(=O)c1ccc(Cl)c([N+](=O)[O-])c1)c1cc(C)ccc1C. The number of benzene rings is 2. The van der Waals surface area contributed by atoms with Crippen molar-refractivity contribution in [2.24, 2.45) is 0 Å². The lowest BCUT2D eigenvalue weighted by molar-refractivity contribution is -0.384. The van der Waals surface area contributed by atoms with Crippen LogP contribution in [0.5, 0.6) is 0 Å². The van der Waals surface area contributed by atoms with Gasteiger partial charge in [-0.15, -0.1) is 0 Å². The van der Waals surface area contributed by atoms with Gasteiger partial charge in [-0.1, -0.05) is 23.7 Å². The molecule has 0 aliphatic carbocycles. The maximum atomic E-state index is 12.8. The van der Waals surface area contributed by atoms with E-state index in [-0.39, 0.29) is 22.2 Å². The quantitative estimate of drug-likeness (QED) is 0.610. The van der Waals surface area contributed by atoms with Gasteiger partial charge in [0.05, 0.1) is 4.92 Å². The summed E-state index contributed by atoms with van der Waals surface area (Å²) in [6.45, 7) is 6.20. The van der Waals surface area contributed by atoms with Crippen molar-refractivity contribution >= 4 is 28.9 Å². The second-order valence-corrected chi connectivity index (χ2v) is 5.67. The van der Waals surface area contributed by atoms with Gasteiger partial charge < -0.3 is 4.90 Å². The first-order chi connectivity index (χ1) is 10.8. The van der Waals surface area contributed by atoms with E-state index in [9.17, 15) is 14.9 Å². The summed E-state index contributed by atoms with van der Waals surface area (Å²) in [7, 11) is 0. The van der Waals surface area contributed by atoms with Crippen LogP contribution in [-0.4, -0.2) is 17.4 Å². The lowest BCUT2D eigenvalue weighted by Crippen LogP contribution is -2.31. The van der Waals surface area contributed by atoms with Crippen LogP contribution in [0.3, 0.4) is 0 Å². The van der Waals surface area contributed by atoms with Gasteiger partial charge in [-0.2, -0.15) is 0 Å². The van der Waals surface area contributed by atoms with Crippen LogP contribution in [0.1, 0.15) is 28.4 Å². The van der Waals surface area contributed by atoms with Crippen molar-refractivity contribution in [3.8, 4) is 0 Å². The monoisotopic (exact) mass is 332 g/mol. The van der Waals surface area contributed by atoms with E-state index in [4.69, 9.17) is 11.6 Å². The number of amides is 1. The second-order valence-electron chi connectivity index (χ2n) is 5.26. The van der Waals surface area contributed by atoms with Gasteiger partial charge in [0.25, 0.3) is 11.6 Å². The molecular weight excluding hydrogens is 316 g/mol. The van der Waals surface area contributed by atoms with E-state index < -0.39 is 4.92 Å². The number of nitro groups is 1. The van der Waals surface area contributed by atoms with E-state index in [1.54, 1.807) is 4.90 Å². The minimum absolute atomic E-state index is 0.0151. The molecular formula is C17H17ClN2O3.